The standard InChI is InChI=1S/C16H22S/c1-3-4-5-6-7-13(2)14-8-9-16-15(12-14)10-11-17-16/h8-13H,3-7H2,1-2H3. The fourth-order valence-electron chi connectivity index (χ4n) is 2.34. The fourth-order valence-corrected chi connectivity index (χ4v) is 3.11. The highest BCUT2D eigenvalue weighted by Gasteiger charge is 2.06. The molecule has 0 N–H and O–H groups in total. The Labute approximate surface area is 109 Å². The van der Waals surface area contributed by atoms with Crippen molar-refractivity contribution in [3.05, 3.63) is 35.2 Å². The maximum Gasteiger partial charge on any atom is 0.0342 e. The van der Waals surface area contributed by atoms with Crippen molar-refractivity contribution in [2.45, 2.75) is 51.9 Å². The molecule has 0 bridgehead atoms. The van der Waals surface area contributed by atoms with Crippen molar-refractivity contribution in [2.24, 2.45) is 0 Å². The van der Waals surface area contributed by atoms with Crippen LogP contribution in [0.2, 0.25) is 0 Å². The van der Waals surface area contributed by atoms with Gasteiger partial charge in [-0.2, -0.15) is 0 Å². The first-order chi connectivity index (χ1) is 8.31. The van der Waals surface area contributed by atoms with Crippen molar-refractivity contribution in [3.63, 3.8) is 0 Å². The SMILES string of the molecule is CCCCCCC(C)c1ccc2sccc2c1. The fraction of sp³-hybridized carbons (Fsp3) is 0.500. The lowest BCUT2D eigenvalue weighted by molar-refractivity contribution is 0.580. The summed E-state index contributed by atoms with van der Waals surface area (Å²) in [4.78, 5) is 0. The number of benzene rings is 1. The first kappa shape index (κ1) is 12.6. The average Bonchev–Trinajstić information content (AvgIpc) is 2.81. The zero-order valence-electron chi connectivity index (χ0n) is 10.9. The molecule has 1 atom stereocenters. The molecule has 17 heavy (non-hydrogen) atoms. The zero-order chi connectivity index (χ0) is 12.1. The maximum atomic E-state index is 2.37. The molecular formula is C16H22S. The molecule has 92 valence electrons. The van der Waals surface area contributed by atoms with Crippen molar-refractivity contribution in [1.82, 2.24) is 0 Å². The minimum atomic E-state index is 0.705. The Bertz CT molecular complexity index is 455. The van der Waals surface area contributed by atoms with Gasteiger partial charge in [0, 0.05) is 4.70 Å². The van der Waals surface area contributed by atoms with E-state index in [2.05, 4.69) is 43.5 Å². The second kappa shape index (κ2) is 6.20. The minimum absolute atomic E-state index is 0.705. The van der Waals surface area contributed by atoms with Gasteiger partial charge < -0.3 is 0 Å². The normalized spacial score (nSPS) is 13.1. The molecule has 2 aromatic rings. The van der Waals surface area contributed by atoms with Gasteiger partial charge in [-0.05, 0) is 40.8 Å². The van der Waals surface area contributed by atoms with Crippen molar-refractivity contribution in [3.8, 4) is 0 Å². The molecule has 2 rings (SSSR count). The third-order valence-corrected chi connectivity index (χ3v) is 4.43. The monoisotopic (exact) mass is 246 g/mol. The molecular weight excluding hydrogens is 224 g/mol. The van der Waals surface area contributed by atoms with Gasteiger partial charge in [0.2, 0.25) is 0 Å². The minimum Gasteiger partial charge on any atom is -0.144 e. The highest BCUT2D eigenvalue weighted by atomic mass is 32.1. The van der Waals surface area contributed by atoms with Crippen LogP contribution in [-0.2, 0) is 0 Å². The Hall–Kier alpha value is -0.820. The van der Waals surface area contributed by atoms with E-state index in [1.807, 2.05) is 11.3 Å². The molecule has 0 saturated carbocycles. The molecule has 0 spiro atoms. The molecule has 1 heteroatoms. The molecule has 0 aliphatic heterocycles. The van der Waals surface area contributed by atoms with E-state index in [-0.39, 0.29) is 0 Å². The molecule has 0 saturated heterocycles. The van der Waals surface area contributed by atoms with E-state index in [9.17, 15) is 0 Å². The first-order valence-corrected chi connectivity index (χ1v) is 7.66. The Morgan fingerprint density at radius 2 is 2.00 bits per heavy atom. The van der Waals surface area contributed by atoms with E-state index in [0.717, 1.165) is 0 Å². The van der Waals surface area contributed by atoms with Crippen molar-refractivity contribution >= 4 is 21.4 Å². The summed E-state index contributed by atoms with van der Waals surface area (Å²) in [6, 6.07) is 9.19. The van der Waals surface area contributed by atoms with E-state index in [4.69, 9.17) is 0 Å². The van der Waals surface area contributed by atoms with Crippen LogP contribution >= 0.6 is 11.3 Å². The highest BCUT2D eigenvalue weighted by Crippen LogP contribution is 2.28. The number of fused-ring (bicyclic) bond motifs is 1. The summed E-state index contributed by atoms with van der Waals surface area (Å²) in [7, 11) is 0. The summed E-state index contributed by atoms with van der Waals surface area (Å²) in [5.41, 5.74) is 1.51. The topological polar surface area (TPSA) is 0 Å². The summed E-state index contributed by atoms with van der Waals surface area (Å²) < 4.78 is 1.41. The van der Waals surface area contributed by atoms with Crippen LogP contribution in [-0.4, -0.2) is 0 Å². The summed E-state index contributed by atoms with van der Waals surface area (Å²) in [5, 5.41) is 3.59. The Balaban J connectivity index is 1.95. The lowest BCUT2D eigenvalue weighted by Crippen LogP contribution is -1.93. The van der Waals surface area contributed by atoms with E-state index < -0.39 is 0 Å². The first-order valence-electron chi connectivity index (χ1n) is 6.78. The van der Waals surface area contributed by atoms with Crippen molar-refractivity contribution < 1.29 is 0 Å². The van der Waals surface area contributed by atoms with Crippen molar-refractivity contribution in [2.75, 3.05) is 0 Å². The number of hydrogen-bond donors (Lipinski definition) is 0. The average molecular weight is 246 g/mol. The zero-order valence-corrected chi connectivity index (χ0v) is 11.7. The lowest BCUT2D eigenvalue weighted by atomic mass is 9.94. The van der Waals surface area contributed by atoms with Crippen LogP contribution in [0.4, 0.5) is 0 Å². The van der Waals surface area contributed by atoms with E-state index in [0.29, 0.717) is 5.92 Å². The predicted molar refractivity (Wildman–Crippen MR) is 79.0 cm³/mol. The van der Waals surface area contributed by atoms with Gasteiger partial charge in [-0.15, -0.1) is 11.3 Å². The number of hydrogen-bond acceptors (Lipinski definition) is 1. The third kappa shape index (κ3) is 3.32. The molecule has 1 unspecified atom stereocenters. The Morgan fingerprint density at radius 1 is 1.12 bits per heavy atom. The predicted octanol–water partition coefficient (Wildman–Crippen LogP) is 5.98. The van der Waals surface area contributed by atoms with Gasteiger partial charge in [-0.3, -0.25) is 0 Å². The maximum absolute atomic E-state index is 2.37. The van der Waals surface area contributed by atoms with Gasteiger partial charge >= 0.3 is 0 Å². The van der Waals surface area contributed by atoms with Gasteiger partial charge in [0.1, 0.15) is 0 Å². The van der Waals surface area contributed by atoms with E-state index in [1.54, 1.807) is 0 Å². The summed E-state index contributed by atoms with van der Waals surface area (Å²) in [6.45, 7) is 4.63. The van der Waals surface area contributed by atoms with Crippen LogP contribution in [0.25, 0.3) is 10.1 Å². The lowest BCUT2D eigenvalue weighted by Gasteiger charge is -2.11. The molecule has 0 amide bonds. The molecule has 0 aliphatic rings. The third-order valence-electron chi connectivity index (χ3n) is 3.54. The van der Waals surface area contributed by atoms with Gasteiger partial charge in [0.25, 0.3) is 0 Å². The number of unbranched alkanes of at least 4 members (excludes halogenated alkanes) is 3. The van der Waals surface area contributed by atoms with E-state index >= 15 is 0 Å². The summed E-state index contributed by atoms with van der Waals surface area (Å²) in [6.07, 6.45) is 6.80. The summed E-state index contributed by atoms with van der Waals surface area (Å²) in [5.74, 6) is 0.705. The van der Waals surface area contributed by atoms with Gasteiger partial charge in [-0.1, -0.05) is 51.7 Å². The Kier molecular flexibility index (Phi) is 4.61. The molecule has 1 heterocycles. The van der Waals surface area contributed by atoms with E-state index in [1.165, 1.54) is 47.8 Å². The molecule has 0 fully saturated rings. The van der Waals surface area contributed by atoms with Crippen LogP contribution in [0, 0.1) is 0 Å². The second-order valence-corrected chi connectivity index (χ2v) is 5.92. The van der Waals surface area contributed by atoms with Crippen LogP contribution in [0.5, 0.6) is 0 Å². The highest BCUT2D eigenvalue weighted by molar-refractivity contribution is 7.17. The molecule has 1 aromatic carbocycles. The van der Waals surface area contributed by atoms with Crippen LogP contribution in [0.15, 0.2) is 29.6 Å². The molecule has 0 aliphatic carbocycles. The number of rotatable bonds is 6. The quantitative estimate of drug-likeness (QED) is 0.550. The smallest absolute Gasteiger partial charge is 0.0342 e. The van der Waals surface area contributed by atoms with Gasteiger partial charge in [0.15, 0.2) is 0 Å². The molecule has 1 aromatic heterocycles. The second-order valence-electron chi connectivity index (χ2n) is 4.97. The molecule has 0 nitrogen and oxygen atoms in total. The molecule has 0 radical (unpaired) electrons. The van der Waals surface area contributed by atoms with Crippen LogP contribution in [0.1, 0.15) is 57.4 Å². The Morgan fingerprint density at radius 3 is 2.82 bits per heavy atom. The van der Waals surface area contributed by atoms with Gasteiger partial charge in [0.05, 0.1) is 0 Å². The van der Waals surface area contributed by atoms with Crippen LogP contribution in [0.3, 0.4) is 0 Å². The van der Waals surface area contributed by atoms with Crippen molar-refractivity contribution in [1.29, 1.82) is 0 Å². The van der Waals surface area contributed by atoms with Gasteiger partial charge in [-0.25, -0.2) is 0 Å². The summed E-state index contributed by atoms with van der Waals surface area (Å²) >= 11 is 1.83. The van der Waals surface area contributed by atoms with Crippen LogP contribution < -0.4 is 0 Å². The largest absolute Gasteiger partial charge is 0.144 e. The number of thiophene rings is 1.